The largest absolute Gasteiger partial charge is 0.387 e. The van der Waals surface area contributed by atoms with Gasteiger partial charge in [-0.1, -0.05) is 29.1 Å². The summed E-state index contributed by atoms with van der Waals surface area (Å²) in [6.45, 7) is 1.14. The minimum absolute atomic E-state index is 0.117. The number of carbonyl (C=O) groups is 1. The van der Waals surface area contributed by atoms with E-state index in [1.165, 1.54) is 11.8 Å². The van der Waals surface area contributed by atoms with Crippen LogP contribution >= 0.6 is 11.8 Å². The van der Waals surface area contributed by atoms with E-state index in [9.17, 15) is 9.90 Å². The lowest BCUT2D eigenvalue weighted by molar-refractivity contribution is 0.0988. The smallest absolute Gasteiger partial charge is 0.263 e. The summed E-state index contributed by atoms with van der Waals surface area (Å²) >= 11 is 1.47. The van der Waals surface area contributed by atoms with E-state index < -0.39 is 0 Å². The second-order valence-corrected chi connectivity index (χ2v) is 7.99. The Hall–Kier alpha value is -2.98. The second-order valence-electron chi connectivity index (χ2n) is 7.22. The van der Waals surface area contributed by atoms with Crippen molar-refractivity contribution in [2.45, 2.75) is 30.6 Å². The predicted molar refractivity (Wildman–Crippen MR) is 112 cm³/mol. The summed E-state index contributed by atoms with van der Waals surface area (Å²) in [5.41, 5.74) is 1.98. The standard InChI is InChI=1S/C20H20N6O3S/c1-30-20-21-9-15-18(23-20)25-7-3-6-14(25)10-26(19(15)28)13-5-2-4-12(8-13)17-22-16(11-27)29-24-17/h2,4-5,8-9,14,27H,3,6-7,10-11H2,1H3/t14-/m0/s1. The number of fused-ring (bicyclic) bond motifs is 3. The van der Waals surface area contributed by atoms with E-state index in [2.05, 4.69) is 25.0 Å². The molecule has 4 heterocycles. The van der Waals surface area contributed by atoms with Crippen LogP contribution in [-0.2, 0) is 6.61 Å². The molecule has 0 aliphatic carbocycles. The molecule has 0 saturated carbocycles. The number of hydrogen-bond acceptors (Lipinski definition) is 9. The van der Waals surface area contributed by atoms with E-state index in [1.807, 2.05) is 30.5 Å². The number of aliphatic hydroxyl groups is 1. The van der Waals surface area contributed by atoms with Crippen LogP contribution in [0.2, 0.25) is 0 Å². The zero-order chi connectivity index (χ0) is 20.7. The van der Waals surface area contributed by atoms with Crippen molar-refractivity contribution in [1.29, 1.82) is 0 Å². The van der Waals surface area contributed by atoms with E-state index in [-0.39, 0.29) is 24.4 Å². The first-order valence-electron chi connectivity index (χ1n) is 9.71. The molecule has 2 aromatic heterocycles. The van der Waals surface area contributed by atoms with Crippen molar-refractivity contribution in [3.05, 3.63) is 41.9 Å². The van der Waals surface area contributed by atoms with Crippen molar-refractivity contribution in [3.63, 3.8) is 0 Å². The summed E-state index contributed by atoms with van der Waals surface area (Å²) in [5, 5.41) is 13.7. The third kappa shape index (κ3) is 3.21. The van der Waals surface area contributed by atoms with E-state index in [0.717, 1.165) is 30.9 Å². The van der Waals surface area contributed by atoms with Crippen LogP contribution in [0.25, 0.3) is 11.4 Å². The Bertz CT molecular complexity index is 1100. The van der Waals surface area contributed by atoms with Gasteiger partial charge in [-0.15, -0.1) is 0 Å². The SMILES string of the molecule is CSc1ncc2c(n1)N1CCC[C@H]1CN(c1cccc(-c3noc(CO)n3)c1)C2=O. The average Bonchev–Trinajstić information content (AvgIpc) is 3.44. The molecule has 1 amide bonds. The van der Waals surface area contributed by atoms with Gasteiger partial charge in [0.2, 0.25) is 5.82 Å². The Balaban J connectivity index is 1.56. The number of hydrogen-bond donors (Lipinski definition) is 1. The summed E-state index contributed by atoms with van der Waals surface area (Å²) in [4.78, 5) is 30.7. The molecular formula is C20H20N6O3S. The van der Waals surface area contributed by atoms with Crippen LogP contribution in [0.1, 0.15) is 29.1 Å². The summed E-state index contributed by atoms with van der Waals surface area (Å²) in [6, 6.07) is 7.68. The van der Waals surface area contributed by atoms with E-state index in [0.29, 0.717) is 28.7 Å². The topological polar surface area (TPSA) is 108 Å². The van der Waals surface area contributed by atoms with Crippen molar-refractivity contribution in [1.82, 2.24) is 20.1 Å². The highest BCUT2D eigenvalue weighted by Crippen LogP contribution is 2.35. The molecule has 1 saturated heterocycles. The lowest BCUT2D eigenvalue weighted by Crippen LogP contribution is -2.39. The molecule has 1 aromatic carbocycles. The van der Waals surface area contributed by atoms with Gasteiger partial charge in [-0.2, -0.15) is 4.98 Å². The quantitative estimate of drug-likeness (QED) is 0.499. The number of benzene rings is 1. The molecule has 30 heavy (non-hydrogen) atoms. The molecule has 154 valence electrons. The Morgan fingerprint density at radius 3 is 3.03 bits per heavy atom. The van der Waals surface area contributed by atoms with Crippen LogP contribution in [-0.4, -0.2) is 56.5 Å². The van der Waals surface area contributed by atoms with Crippen molar-refractivity contribution < 1.29 is 14.4 Å². The molecule has 0 radical (unpaired) electrons. The van der Waals surface area contributed by atoms with E-state index in [1.54, 1.807) is 11.1 Å². The predicted octanol–water partition coefficient (Wildman–Crippen LogP) is 2.37. The third-order valence-electron chi connectivity index (χ3n) is 5.47. The molecule has 1 N–H and O–H groups in total. The van der Waals surface area contributed by atoms with Crippen molar-refractivity contribution in [3.8, 4) is 11.4 Å². The summed E-state index contributed by atoms with van der Waals surface area (Å²) in [5.74, 6) is 1.14. The van der Waals surface area contributed by atoms with Crippen LogP contribution in [0, 0.1) is 0 Å². The highest BCUT2D eigenvalue weighted by Gasteiger charge is 2.37. The normalized spacial score (nSPS) is 18.3. The number of nitrogens with zero attached hydrogens (tertiary/aromatic N) is 6. The summed E-state index contributed by atoms with van der Waals surface area (Å²) in [7, 11) is 0. The van der Waals surface area contributed by atoms with Crippen molar-refractivity contribution >= 4 is 29.2 Å². The monoisotopic (exact) mass is 424 g/mol. The Labute approximate surface area is 177 Å². The maximum Gasteiger partial charge on any atom is 0.263 e. The molecule has 1 atom stereocenters. The lowest BCUT2D eigenvalue weighted by atomic mass is 10.1. The lowest BCUT2D eigenvalue weighted by Gasteiger charge is -2.27. The fourth-order valence-electron chi connectivity index (χ4n) is 4.04. The number of aromatic nitrogens is 4. The molecule has 3 aromatic rings. The van der Waals surface area contributed by atoms with Crippen LogP contribution in [0.5, 0.6) is 0 Å². The average molecular weight is 424 g/mol. The molecule has 5 rings (SSSR count). The van der Waals surface area contributed by atoms with Crippen LogP contribution in [0.15, 0.2) is 40.1 Å². The third-order valence-corrected chi connectivity index (χ3v) is 6.03. The fourth-order valence-corrected chi connectivity index (χ4v) is 4.38. The number of aliphatic hydroxyl groups excluding tert-OH is 1. The summed E-state index contributed by atoms with van der Waals surface area (Å²) < 4.78 is 5.00. The highest BCUT2D eigenvalue weighted by molar-refractivity contribution is 7.98. The molecule has 2 aliphatic heterocycles. The summed E-state index contributed by atoms with van der Waals surface area (Å²) in [6.07, 6.45) is 5.64. The van der Waals surface area contributed by atoms with E-state index in [4.69, 9.17) is 4.52 Å². The van der Waals surface area contributed by atoms with Gasteiger partial charge in [0.25, 0.3) is 11.8 Å². The minimum atomic E-state index is -0.316. The van der Waals surface area contributed by atoms with Gasteiger partial charge in [0, 0.05) is 36.6 Å². The van der Waals surface area contributed by atoms with Crippen LogP contribution < -0.4 is 9.80 Å². The van der Waals surface area contributed by atoms with E-state index >= 15 is 0 Å². The van der Waals surface area contributed by atoms with Crippen molar-refractivity contribution in [2.75, 3.05) is 29.1 Å². The number of carbonyl (C=O) groups excluding carboxylic acids is 1. The molecule has 1 fully saturated rings. The first kappa shape index (κ1) is 19.0. The van der Waals surface area contributed by atoms with Gasteiger partial charge in [0.15, 0.2) is 5.16 Å². The Morgan fingerprint density at radius 2 is 2.23 bits per heavy atom. The van der Waals surface area contributed by atoms with Crippen LogP contribution in [0.4, 0.5) is 11.5 Å². The van der Waals surface area contributed by atoms with Gasteiger partial charge in [0.1, 0.15) is 18.0 Å². The van der Waals surface area contributed by atoms with Gasteiger partial charge in [0.05, 0.1) is 0 Å². The van der Waals surface area contributed by atoms with Crippen molar-refractivity contribution in [2.24, 2.45) is 0 Å². The zero-order valence-electron chi connectivity index (χ0n) is 16.4. The molecule has 0 unspecified atom stereocenters. The molecule has 0 spiro atoms. The number of amides is 1. The van der Waals surface area contributed by atoms with Gasteiger partial charge >= 0.3 is 0 Å². The Morgan fingerprint density at radius 1 is 1.33 bits per heavy atom. The van der Waals surface area contributed by atoms with Gasteiger partial charge in [-0.3, -0.25) is 4.79 Å². The molecule has 0 bridgehead atoms. The highest BCUT2D eigenvalue weighted by atomic mass is 32.2. The zero-order valence-corrected chi connectivity index (χ0v) is 17.2. The maximum absolute atomic E-state index is 13.5. The first-order valence-corrected chi connectivity index (χ1v) is 10.9. The molecular weight excluding hydrogens is 404 g/mol. The van der Waals surface area contributed by atoms with Gasteiger partial charge in [-0.25, -0.2) is 9.97 Å². The number of rotatable bonds is 4. The molecule has 2 aliphatic rings. The maximum atomic E-state index is 13.5. The number of anilines is 2. The van der Waals surface area contributed by atoms with Gasteiger partial charge in [-0.05, 0) is 31.2 Å². The number of thioether (sulfide) groups is 1. The molecule has 10 heteroatoms. The molecule has 9 nitrogen and oxygen atoms in total. The second kappa shape index (κ2) is 7.69. The Kier molecular flexibility index (Phi) is 4.87. The first-order chi connectivity index (χ1) is 14.7. The van der Waals surface area contributed by atoms with Gasteiger partial charge < -0.3 is 19.4 Å². The fraction of sp³-hybridized carbons (Fsp3) is 0.350. The van der Waals surface area contributed by atoms with Crippen LogP contribution in [0.3, 0.4) is 0 Å². The minimum Gasteiger partial charge on any atom is -0.387 e.